The Balaban J connectivity index is 1.79. The van der Waals surface area contributed by atoms with Gasteiger partial charge in [0.1, 0.15) is 0 Å². The van der Waals surface area contributed by atoms with E-state index in [0.29, 0.717) is 16.8 Å². The Kier molecular flexibility index (Phi) is 6.08. The molecule has 0 aliphatic rings. The number of aryl methyl sites for hydroxylation is 2. The summed E-state index contributed by atoms with van der Waals surface area (Å²) in [6.07, 6.45) is 1.80. The van der Waals surface area contributed by atoms with E-state index in [-0.39, 0.29) is 11.2 Å². The fourth-order valence-electron chi connectivity index (χ4n) is 2.50. The lowest BCUT2D eigenvalue weighted by molar-refractivity contribution is -0.115. The molecule has 3 aromatic rings. The van der Waals surface area contributed by atoms with Crippen LogP contribution < -0.4 is 5.32 Å². The average Bonchev–Trinajstić information content (AvgIpc) is 3.22. The standard InChI is InChI=1S/C19H21N5OS2/c1-5-9-24-16(15-8-6-7-12(2)10-15)22-23-19(24)27-14(4)17(25)21-18-20-13(3)11-26-18/h5-8,10-11,14H,1,9H2,2-4H3,(H,20,21,25). The molecule has 0 radical (unpaired) electrons. The lowest BCUT2D eigenvalue weighted by atomic mass is 10.1. The van der Waals surface area contributed by atoms with Gasteiger partial charge in [-0.05, 0) is 26.8 Å². The third kappa shape index (κ3) is 4.64. The van der Waals surface area contributed by atoms with Gasteiger partial charge in [0.15, 0.2) is 16.1 Å². The predicted molar refractivity (Wildman–Crippen MR) is 111 cm³/mol. The molecule has 0 saturated heterocycles. The maximum absolute atomic E-state index is 12.5. The van der Waals surface area contributed by atoms with Crippen LogP contribution in [0.15, 0.2) is 47.5 Å². The molecule has 0 aliphatic heterocycles. The van der Waals surface area contributed by atoms with E-state index < -0.39 is 0 Å². The molecule has 0 bridgehead atoms. The van der Waals surface area contributed by atoms with E-state index in [9.17, 15) is 4.79 Å². The molecule has 1 amide bonds. The van der Waals surface area contributed by atoms with E-state index >= 15 is 0 Å². The van der Waals surface area contributed by atoms with Gasteiger partial charge in [-0.1, -0.05) is 41.6 Å². The van der Waals surface area contributed by atoms with Crippen molar-refractivity contribution in [2.75, 3.05) is 5.32 Å². The average molecular weight is 400 g/mol. The number of amides is 1. The van der Waals surface area contributed by atoms with Crippen LogP contribution in [0.3, 0.4) is 0 Å². The highest BCUT2D eigenvalue weighted by atomic mass is 32.2. The number of carbonyl (C=O) groups excluding carboxylic acids is 1. The SMILES string of the molecule is C=CCn1c(SC(C)C(=O)Nc2nc(C)cs2)nnc1-c1cccc(C)c1. The summed E-state index contributed by atoms with van der Waals surface area (Å²) in [4.78, 5) is 16.7. The molecule has 1 aromatic carbocycles. The number of nitrogens with zero attached hydrogens (tertiary/aromatic N) is 4. The van der Waals surface area contributed by atoms with Crippen molar-refractivity contribution in [1.82, 2.24) is 19.7 Å². The Hall–Kier alpha value is -2.45. The first-order valence-electron chi connectivity index (χ1n) is 8.48. The minimum Gasteiger partial charge on any atom is -0.301 e. The third-order valence-corrected chi connectivity index (χ3v) is 5.76. The van der Waals surface area contributed by atoms with Crippen molar-refractivity contribution in [3.8, 4) is 11.4 Å². The van der Waals surface area contributed by atoms with Crippen LogP contribution in [-0.4, -0.2) is 30.9 Å². The van der Waals surface area contributed by atoms with Crippen LogP contribution in [0.4, 0.5) is 5.13 Å². The summed E-state index contributed by atoms with van der Waals surface area (Å²) in [5.41, 5.74) is 3.04. The zero-order valence-corrected chi connectivity index (χ0v) is 17.1. The number of aromatic nitrogens is 4. The molecule has 1 atom stereocenters. The Morgan fingerprint density at radius 2 is 2.22 bits per heavy atom. The van der Waals surface area contributed by atoms with Crippen molar-refractivity contribution in [1.29, 1.82) is 0 Å². The largest absolute Gasteiger partial charge is 0.301 e. The second-order valence-corrected chi connectivity index (χ2v) is 8.28. The summed E-state index contributed by atoms with van der Waals surface area (Å²) >= 11 is 2.79. The van der Waals surface area contributed by atoms with Crippen molar-refractivity contribution in [3.63, 3.8) is 0 Å². The van der Waals surface area contributed by atoms with Gasteiger partial charge < -0.3 is 5.32 Å². The van der Waals surface area contributed by atoms with Gasteiger partial charge in [0, 0.05) is 17.5 Å². The highest BCUT2D eigenvalue weighted by molar-refractivity contribution is 8.00. The number of hydrogen-bond donors (Lipinski definition) is 1. The Labute approximate surface area is 166 Å². The number of nitrogens with one attached hydrogen (secondary N) is 1. The lowest BCUT2D eigenvalue weighted by Gasteiger charge is -2.12. The first-order valence-corrected chi connectivity index (χ1v) is 10.2. The number of thioether (sulfide) groups is 1. The van der Waals surface area contributed by atoms with Crippen LogP contribution in [0.1, 0.15) is 18.2 Å². The highest BCUT2D eigenvalue weighted by Gasteiger charge is 2.21. The van der Waals surface area contributed by atoms with Crippen LogP contribution in [0.5, 0.6) is 0 Å². The Bertz CT molecular complexity index is 963. The summed E-state index contributed by atoms with van der Waals surface area (Å²) in [6, 6.07) is 8.11. The summed E-state index contributed by atoms with van der Waals surface area (Å²) < 4.78 is 1.98. The molecule has 8 heteroatoms. The maximum atomic E-state index is 12.5. The van der Waals surface area contributed by atoms with Crippen LogP contribution in [0.25, 0.3) is 11.4 Å². The quantitative estimate of drug-likeness (QED) is 0.473. The van der Waals surface area contributed by atoms with Crippen LogP contribution in [-0.2, 0) is 11.3 Å². The molecule has 0 spiro atoms. The molecule has 0 saturated carbocycles. The highest BCUT2D eigenvalue weighted by Crippen LogP contribution is 2.28. The van der Waals surface area contributed by atoms with Crippen molar-refractivity contribution in [2.45, 2.75) is 37.7 Å². The molecule has 2 heterocycles. The fraction of sp³-hybridized carbons (Fsp3) is 0.263. The Morgan fingerprint density at radius 3 is 2.89 bits per heavy atom. The molecular formula is C19H21N5OS2. The summed E-state index contributed by atoms with van der Waals surface area (Å²) in [7, 11) is 0. The van der Waals surface area contributed by atoms with Gasteiger partial charge in [0.25, 0.3) is 0 Å². The number of carbonyl (C=O) groups is 1. The lowest BCUT2D eigenvalue weighted by Crippen LogP contribution is -2.22. The topological polar surface area (TPSA) is 72.7 Å². The zero-order valence-electron chi connectivity index (χ0n) is 15.5. The van der Waals surface area contributed by atoms with Gasteiger partial charge in [-0.2, -0.15) is 0 Å². The van der Waals surface area contributed by atoms with Gasteiger partial charge >= 0.3 is 0 Å². The van der Waals surface area contributed by atoms with Gasteiger partial charge in [0.05, 0.1) is 10.9 Å². The van der Waals surface area contributed by atoms with E-state index in [1.165, 1.54) is 23.1 Å². The maximum Gasteiger partial charge on any atom is 0.239 e. The molecule has 3 rings (SSSR count). The van der Waals surface area contributed by atoms with Gasteiger partial charge in [-0.15, -0.1) is 28.1 Å². The first kappa shape index (κ1) is 19.3. The van der Waals surface area contributed by atoms with Crippen molar-refractivity contribution < 1.29 is 4.79 Å². The minimum absolute atomic E-state index is 0.111. The molecule has 1 N–H and O–H groups in total. The van der Waals surface area contributed by atoms with Gasteiger partial charge in [0.2, 0.25) is 5.91 Å². The minimum atomic E-state index is -0.340. The van der Waals surface area contributed by atoms with Crippen molar-refractivity contribution >= 4 is 34.1 Å². The number of rotatable bonds is 7. The smallest absolute Gasteiger partial charge is 0.239 e. The number of benzene rings is 1. The second-order valence-electron chi connectivity index (χ2n) is 6.12. The van der Waals surface area contributed by atoms with Crippen LogP contribution in [0.2, 0.25) is 0 Å². The van der Waals surface area contributed by atoms with E-state index in [1.807, 2.05) is 48.9 Å². The number of anilines is 1. The zero-order chi connectivity index (χ0) is 19.4. The summed E-state index contributed by atoms with van der Waals surface area (Å²) in [6.45, 7) is 10.2. The molecule has 0 aliphatic carbocycles. The van der Waals surface area contributed by atoms with E-state index in [1.54, 1.807) is 6.08 Å². The molecule has 0 fully saturated rings. The van der Waals surface area contributed by atoms with Crippen LogP contribution >= 0.6 is 23.1 Å². The predicted octanol–water partition coefficient (Wildman–Crippen LogP) is 4.32. The molecule has 140 valence electrons. The van der Waals surface area contributed by atoms with E-state index in [4.69, 9.17) is 0 Å². The van der Waals surface area contributed by atoms with E-state index in [2.05, 4.69) is 33.1 Å². The number of hydrogen-bond acceptors (Lipinski definition) is 6. The van der Waals surface area contributed by atoms with Crippen LogP contribution in [0, 0.1) is 13.8 Å². The van der Waals surface area contributed by atoms with E-state index in [0.717, 1.165) is 22.6 Å². The molecule has 1 unspecified atom stereocenters. The number of allylic oxidation sites excluding steroid dienone is 1. The Morgan fingerprint density at radius 1 is 1.41 bits per heavy atom. The molecule has 6 nitrogen and oxygen atoms in total. The number of thiazole rings is 1. The monoisotopic (exact) mass is 399 g/mol. The first-order chi connectivity index (χ1) is 13.0. The van der Waals surface area contributed by atoms with Crippen molar-refractivity contribution in [2.24, 2.45) is 0 Å². The van der Waals surface area contributed by atoms with Gasteiger partial charge in [-0.25, -0.2) is 4.98 Å². The van der Waals surface area contributed by atoms with Gasteiger partial charge in [-0.3, -0.25) is 9.36 Å². The van der Waals surface area contributed by atoms with Crippen molar-refractivity contribution in [3.05, 3.63) is 53.6 Å². The molecular weight excluding hydrogens is 378 g/mol. The molecule has 27 heavy (non-hydrogen) atoms. The summed E-state index contributed by atoms with van der Waals surface area (Å²) in [5, 5.41) is 14.4. The second kappa shape index (κ2) is 8.49. The fourth-order valence-corrected chi connectivity index (χ4v) is 4.05. The normalized spacial score (nSPS) is 12.0. The third-order valence-electron chi connectivity index (χ3n) is 3.81. The summed E-state index contributed by atoms with van der Waals surface area (Å²) in [5.74, 6) is 0.656. The molecule has 2 aromatic heterocycles.